The maximum absolute atomic E-state index is 14.3. The van der Waals surface area contributed by atoms with Crippen LogP contribution in [-0.4, -0.2) is 33.6 Å². The molecule has 3 atom stereocenters. The number of piperidine rings is 1. The normalized spacial score (nSPS) is 27.3. The number of fused-ring (bicyclic) bond motifs is 3. The lowest BCUT2D eigenvalue weighted by Gasteiger charge is -2.39. The van der Waals surface area contributed by atoms with E-state index in [1.807, 2.05) is 0 Å². The molecule has 3 aliphatic heterocycles. The van der Waals surface area contributed by atoms with Gasteiger partial charge in [-0.3, -0.25) is 9.59 Å². The number of hydrogen-bond donors (Lipinski definition) is 2. The van der Waals surface area contributed by atoms with E-state index in [0.717, 1.165) is 11.6 Å². The molecule has 2 aromatic rings. The minimum Gasteiger partial charge on any atom is -0.379 e. The molecule has 1 amide bonds. The molecule has 0 radical (unpaired) electrons. The van der Waals surface area contributed by atoms with Crippen molar-refractivity contribution in [3.63, 3.8) is 0 Å². The SMILES string of the molecule is O=C1N2[C@@H]3Cc4cc(=O)[nH]nc4[C@H]2CC1(CNc1c(F)cc(Cl)c(Cl)c1F)C3. The summed E-state index contributed by atoms with van der Waals surface area (Å²) in [6, 6.07) is 2.18. The number of aromatic amines is 1. The van der Waals surface area contributed by atoms with Crippen molar-refractivity contribution >= 4 is 34.8 Å². The predicted octanol–water partition coefficient (Wildman–Crippen LogP) is 3.06. The van der Waals surface area contributed by atoms with Crippen molar-refractivity contribution in [2.45, 2.75) is 31.3 Å². The van der Waals surface area contributed by atoms with Gasteiger partial charge in [-0.15, -0.1) is 0 Å². The second-order valence-corrected chi connectivity index (χ2v) is 8.40. The third kappa shape index (κ3) is 2.34. The van der Waals surface area contributed by atoms with Gasteiger partial charge in [0.15, 0.2) is 11.6 Å². The standard InChI is InChI=1S/C18H14Cl2F2N4O2/c19-9-3-10(21)16(14(22)13(9)20)23-6-18-4-8-1-7-2-12(27)24-25-15(7)11(5-18)26(8)17(18)28/h2-3,8,11,23H,1,4-6H2,(H,24,27)/t8-,11-,18?/m1/s1. The first kappa shape index (κ1) is 17.9. The summed E-state index contributed by atoms with van der Waals surface area (Å²) < 4.78 is 28.5. The Bertz CT molecular complexity index is 1090. The number of hydrogen-bond acceptors (Lipinski definition) is 4. The van der Waals surface area contributed by atoms with Crippen molar-refractivity contribution in [3.05, 3.63) is 55.4 Å². The monoisotopic (exact) mass is 426 g/mol. The van der Waals surface area contributed by atoms with Gasteiger partial charge in [0.25, 0.3) is 5.56 Å². The zero-order valence-electron chi connectivity index (χ0n) is 14.4. The van der Waals surface area contributed by atoms with E-state index in [1.54, 1.807) is 4.90 Å². The molecule has 146 valence electrons. The zero-order chi connectivity index (χ0) is 19.8. The first-order chi connectivity index (χ1) is 13.3. The number of rotatable bonds is 3. The fourth-order valence-electron chi connectivity index (χ4n) is 4.87. The molecule has 28 heavy (non-hydrogen) atoms. The van der Waals surface area contributed by atoms with Gasteiger partial charge in [0.1, 0.15) is 5.69 Å². The molecule has 10 heteroatoms. The number of carbonyl (C=O) groups excluding carboxylic acids is 1. The van der Waals surface area contributed by atoms with Crippen LogP contribution in [0.3, 0.4) is 0 Å². The van der Waals surface area contributed by atoms with E-state index in [2.05, 4.69) is 15.5 Å². The summed E-state index contributed by atoms with van der Waals surface area (Å²) in [6.07, 6.45) is 1.56. The average Bonchev–Trinajstić information content (AvgIpc) is 3.07. The lowest BCUT2D eigenvalue weighted by molar-refractivity contribution is -0.132. The van der Waals surface area contributed by atoms with Crippen LogP contribution in [0.1, 0.15) is 30.1 Å². The minimum atomic E-state index is -0.979. The number of carbonyl (C=O) groups is 1. The van der Waals surface area contributed by atoms with Crippen molar-refractivity contribution in [1.29, 1.82) is 0 Å². The molecule has 3 aliphatic rings. The Hall–Kier alpha value is -2.19. The molecule has 1 unspecified atom stereocenters. The molecule has 0 spiro atoms. The highest BCUT2D eigenvalue weighted by Gasteiger charge is 2.63. The van der Waals surface area contributed by atoms with Gasteiger partial charge >= 0.3 is 0 Å². The van der Waals surface area contributed by atoms with Crippen LogP contribution in [0, 0.1) is 17.0 Å². The number of anilines is 1. The maximum Gasteiger partial charge on any atom is 0.264 e. The second-order valence-electron chi connectivity index (χ2n) is 7.61. The van der Waals surface area contributed by atoms with E-state index in [-0.39, 0.29) is 40.1 Å². The van der Waals surface area contributed by atoms with Crippen molar-refractivity contribution in [1.82, 2.24) is 15.1 Å². The van der Waals surface area contributed by atoms with Gasteiger partial charge in [0.2, 0.25) is 5.91 Å². The number of nitrogens with one attached hydrogen (secondary N) is 2. The minimum absolute atomic E-state index is 0.0485. The van der Waals surface area contributed by atoms with Crippen LogP contribution in [0.15, 0.2) is 16.9 Å². The van der Waals surface area contributed by atoms with Crippen LogP contribution >= 0.6 is 23.2 Å². The van der Waals surface area contributed by atoms with E-state index >= 15 is 0 Å². The number of H-pyrrole nitrogens is 1. The summed E-state index contributed by atoms with van der Waals surface area (Å²) in [4.78, 5) is 26.4. The summed E-state index contributed by atoms with van der Waals surface area (Å²) in [6.45, 7) is 0.0693. The third-order valence-electron chi connectivity index (χ3n) is 6.04. The fraction of sp³-hybridized carbons (Fsp3) is 0.389. The second kappa shape index (κ2) is 5.90. The summed E-state index contributed by atoms with van der Waals surface area (Å²) >= 11 is 11.5. The zero-order valence-corrected chi connectivity index (χ0v) is 15.9. The Kier molecular flexibility index (Phi) is 3.77. The highest BCUT2D eigenvalue weighted by Crippen LogP contribution is 2.57. The van der Waals surface area contributed by atoms with Gasteiger partial charge in [-0.1, -0.05) is 23.2 Å². The van der Waals surface area contributed by atoms with Crippen molar-refractivity contribution in [2.75, 3.05) is 11.9 Å². The van der Waals surface area contributed by atoms with E-state index in [1.165, 1.54) is 6.07 Å². The number of benzene rings is 1. The van der Waals surface area contributed by atoms with Gasteiger partial charge in [0.05, 0.1) is 27.2 Å². The van der Waals surface area contributed by atoms with E-state index < -0.39 is 22.7 Å². The average molecular weight is 427 g/mol. The Morgan fingerprint density at radius 1 is 1.29 bits per heavy atom. The van der Waals surface area contributed by atoms with Crippen LogP contribution < -0.4 is 10.9 Å². The van der Waals surface area contributed by atoms with Gasteiger partial charge in [-0.25, -0.2) is 13.9 Å². The molecule has 2 fully saturated rings. The van der Waals surface area contributed by atoms with Gasteiger partial charge in [-0.05, 0) is 30.9 Å². The Morgan fingerprint density at radius 3 is 2.86 bits per heavy atom. The van der Waals surface area contributed by atoms with Crippen LogP contribution in [0.2, 0.25) is 10.0 Å². The predicted molar refractivity (Wildman–Crippen MR) is 98.5 cm³/mol. The van der Waals surface area contributed by atoms with Crippen molar-refractivity contribution < 1.29 is 13.6 Å². The number of nitrogens with zero attached hydrogens (tertiary/aromatic N) is 2. The van der Waals surface area contributed by atoms with Crippen molar-refractivity contribution in [3.8, 4) is 0 Å². The molecular formula is C18H14Cl2F2N4O2. The van der Waals surface area contributed by atoms with Crippen LogP contribution in [0.5, 0.6) is 0 Å². The van der Waals surface area contributed by atoms with E-state index in [4.69, 9.17) is 23.2 Å². The molecule has 4 heterocycles. The molecule has 2 N–H and O–H groups in total. The largest absolute Gasteiger partial charge is 0.379 e. The van der Waals surface area contributed by atoms with Gasteiger partial charge in [-0.2, -0.15) is 5.10 Å². The number of halogens is 4. The third-order valence-corrected chi connectivity index (χ3v) is 6.80. The molecule has 1 aromatic carbocycles. The first-order valence-electron chi connectivity index (χ1n) is 8.79. The highest BCUT2D eigenvalue weighted by atomic mass is 35.5. The van der Waals surface area contributed by atoms with Crippen molar-refractivity contribution in [2.24, 2.45) is 5.41 Å². The maximum atomic E-state index is 14.3. The summed E-state index contributed by atoms with van der Waals surface area (Å²) in [5, 5.41) is 8.74. The van der Waals surface area contributed by atoms with Crippen LogP contribution in [0.25, 0.3) is 0 Å². The molecule has 2 saturated heterocycles. The first-order valence-corrected chi connectivity index (χ1v) is 9.54. The molecular weight excluding hydrogens is 413 g/mol. The molecule has 1 aromatic heterocycles. The van der Waals surface area contributed by atoms with E-state index in [9.17, 15) is 18.4 Å². The lowest BCUT2D eigenvalue weighted by atomic mass is 9.74. The summed E-state index contributed by atoms with van der Waals surface area (Å²) in [5.74, 6) is -1.91. The molecule has 5 rings (SSSR count). The van der Waals surface area contributed by atoms with Crippen LogP contribution in [-0.2, 0) is 11.2 Å². The number of aromatic nitrogens is 2. The summed E-state index contributed by atoms with van der Waals surface area (Å²) in [5.41, 5.74) is 0.102. The Labute approximate surface area is 167 Å². The van der Waals surface area contributed by atoms with Crippen LogP contribution in [0.4, 0.5) is 14.5 Å². The van der Waals surface area contributed by atoms with E-state index in [0.29, 0.717) is 25.0 Å². The Balaban J connectivity index is 1.46. The summed E-state index contributed by atoms with van der Waals surface area (Å²) in [7, 11) is 0. The molecule has 6 nitrogen and oxygen atoms in total. The fourth-order valence-corrected chi connectivity index (χ4v) is 5.20. The smallest absolute Gasteiger partial charge is 0.264 e. The van der Waals surface area contributed by atoms with Gasteiger partial charge in [0, 0.05) is 18.7 Å². The molecule has 0 saturated carbocycles. The van der Waals surface area contributed by atoms with Gasteiger partial charge < -0.3 is 10.2 Å². The molecule has 2 bridgehead atoms. The quantitative estimate of drug-likeness (QED) is 0.583. The highest BCUT2D eigenvalue weighted by molar-refractivity contribution is 6.42. The Morgan fingerprint density at radius 2 is 2.07 bits per heavy atom. The lowest BCUT2D eigenvalue weighted by Crippen LogP contribution is -2.42. The molecule has 0 aliphatic carbocycles. The number of amides is 1. The topological polar surface area (TPSA) is 78.1 Å².